The Kier molecular flexibility index (Phi) is 5.22. The Morgan fingerprint density at radius 3 is 2.78 bits per heavy atom. The third kappa shape index (κ3) is 4.07. The number of carbonyl (C=O) groups is 1. The fourth-order valence-electron chi connectivity index (χ4n) is 2.22. The van der Waals surface area contributed by atoms with Crippen LogP contribution in [0.15, 0.2) is 41.1 Å². The summed E-state index contributed by atoms with van der Waals surface area (Å²) in [6.45, 7) is 0.329. The van der Waals surface area contributed by atoms with Gasteiger partial charge >= 0.3 is 0 Å². The molecule has 0 fully saturated rings. The van der Waals surface area contributed by atoms with E-state index in [2.05, 4.69) is 10.4 Å². The maximum atomic E-state index is 12.2. The van der Waals surface area contributed by atoms with Gasteiger partial charge in [0.15, 0.2) is 0 Å². The topological polar surface area (TPSA) is 67.2 Å². The first-order chi connectivity index (χ1) is 11.3. The van der Waals surface area contributed by atoms with Gasteiger partial charge in [-0.25, -0.2) is 4.68 Å². The van der Waals surface area contributed by atoms with Crippen LogP contribution in [0.25, 0.3) is 10.6 Å². The molecule has 0 aliphatic carbocycles. The smallest absolute Gasteiger partial charge is 0.225 e. The van der Waals surface area contributed by atoms with Crippen LogP contribution < -0.4 is 5.32 Å². The summed E-state index contributed by atoms with van der Waals surface area (Å²) in [7, 11) is 0. The van der Waals surface area contributed by atoms with Crippen LogP contribution in [0.5, 0.6) is 0 Å². The van der Waals surface area contributed by atoms with Gasteiger partial charge in [0.25, 0.3) is 0 Å². The maximum Gasteiger partial charge on any atom is 0.225 e. The number of hydrogen-bond donors (Lipinski definition) is 2. The predicted octanol–water partition coefficient (Wildman–Crippen LogP) is 3.24. The normalized spacial score (nSPS) is 10.8. The molecule has 3 aromatic heterocycles. The summed E-state index contributed by atoms with van der Waals surface area (Å²) in [6, 6.07) is 9.82. The molecule has 3 rings (SSSR count). The van der Waals surface area contributed by atoms with E-state index in [-0.39, 0.29) is 12.5 Å². The highest BCUT2D eigenvalue weighted by atomic mass is 32.1. The fourth-order valence-corrected chi connectivity index (χ4v) is 3.61. The lowest BCUT2D eigenvalue weighted by Crippen LogP contribution is -2.16. The van der Waals surface area contributed by atoms with Crippen molar-refractivity contribution in [1.29, 1.82) is 0 Å². The Hall–Kier alpha value is -1.96. The summed E-state index contributed by atoms with van der Waals surface area (Å²) < 4.78 is 1.64. The van der Waals surface area contributed by atoms with Crippen molar-refractivity contribution in [2.75, 3.05) is 11.9 Å². The molecule has 120 valence electrons. The minimum atomic E-state index is -0.0461. The van der Waals surface area contributed by atoms with Gasteiger partial charge in [0.05, 0.1) is 18.0 Å². The standard InChI is InChI=1S/C16H17N3O2S2/c20-8-7-19-15(11-13(18-19)14-4-2-10-23-14)17-16(21)6-5-12-3-1-9-22-12/h1-4,9-11,20H,5-8H2,(H,17,21). The van der Waals surface area contributed by atoms with Crippen molar-refractivity contribution in [3.05, 3.63) is 46.0 Å². The summed E-state index contributed by atoms with van der Waals surface area (Å²) in [5.41, 5.74) is 0.807. The number of thiophene rings is 2. The van der Waals surface area contributed by atoms with E-state index in [4.69, 9.17) is 0 Å². The van der Waals surface area contributed by atoms with Crippen molar-refractivity contribution < 1.29 is 9.90 Å². The van der Waals surface area contributed by atoms with E-state index >= 15 is 0 Å². The molecule has 23 heavy (non-hydrogen) atoms. The largest absolute Gasteiger partial charge is 0.394 e. The van der Waals surface area contributed by atoms with Crippen molar-refractivity contribution in [2.45, 2.75) is 19.4 Å². The van der Waals surface area contributed by atoms with Crippen LogP contribution in [-0.4, -0.2) is 27.4 Å². The Bertz CT molecular complexity index is 748. The first-order valence-electron chi connectivity index (χ1n) is 7.31. The van der Waals surface area contributed by atoms with Gasteiger partial charge < -0.3 is 10.4 Å². The van der Waals surface area contributed by atoms with Crippen molar-refractivity contribution >= 4 is 34.4 Å². The van der Waals surface area contributed by atoms with Gasteiger partial charge in [-0.1, -0.05) is 12.1 Å². The second kappa shape index (κ2) is 7.54. The zero-order valence-electron chi connectivity index (χ0n) is 12.4. The van der Waals surface area contributed by atoms with Crippen LogP contribution in [0.4, 0.5) is 5.82 Å². The monoisotopic (exact) mass is 347 g/mol. The van der Waals surface area contributed by atoms with Crippen LogP contribution >= 0.6 is 22.7 Å². The number of aryl methyl sites for hydroxylation is 1. The van der Waals surface area contributed by atoms with Gasteiger partial charge in [-0.15, -0.1) is 22.7 Å². The van der Waals surface area contributed by atoms with Gasteiger partial charge in [-0.05, 0) is 29.3 Å². The SMILES string of the molecule is O=C(CCc1cccs1)Nc1cc(-c2cccs2)nn1CCO. The number of rotatable bonds is 7. The molecule has 0 aliphatic rings. The molecule has 2 N–H and O–H groups in total. The zero-order valence-corrected chi connectivity index (χ0v) is 14.1. The van der Waals surface area contributed by atoms with Crippen LogP contribution in [0, 0.1) is 0 Å². The predicted molar refractivity (Wildman–Crippen MR) is 93.9 cm³/mol. The number of nitrogens with one attached hydrogen (secondary N) is 1. The highest BCUT2D eigenvalue weighted by Crippen LogP contribution is 2.26. The third-order valence-electron chi connectivity index (χ3n) is 3.31. The lowest BCUT2D eigenvalue weighted by Gasteiger charge is -2.07. The van der Waals surface area contributed by atoms with E-state index in [0.29, 0.717) is 18.8 Å². The second-order valence-corrected chi connectivity index (χ2v) is 6.95. The van der Waals surface area contributed by atoms with Crippen LogP contribution in [0.3, 0.4) is 0 Å². The Labute approximate surface area is 142 Å². The molecular formula is C16H17N3O2S2. The van der Waals surface area contributed by atoms with Crippen LogP contribution in [0.1, 0.15) is 11.3 Å². The first kappa shape index (κ1) is 15.9. The van der Waals surface area contributed by atoms with Gasteiger partial charge in [0.1, 0.15) is 11.5 Å². The third-order valence-corrected chi connectivity index (χ3v) is 5.14. The Morgan fingerprint density at radius 2 is 2.09 bits per heavy atom. The number of carbonyl (C=O) groups excluding carboxylic acids is 1. The van der Waals surface area contributed by atoms with Crippen LogP contribution in [0.2, 0.25) is 0 Å². The van der Waals surface area contributed by atoms with Gasteiger partial charge in [0, 0.05) is 17.4 Å². The van der Waals surface area contributed by atoms with Gasteiger partial charge in [0.2, 0.25) is 5.91 Å². The number of hydrogen-bond acceptors (Lipinski definition) is 5. The maximum absolute atomic E-state index is 12.2. The highest BCUT2D eigenvalue weighted by molar-refractivity contribution is 7.13. The number of aliphatic hydroxyl groups excluding tert-OH is 1. The summed E-state index contributed by atoms with van der Waals surface area (Å²) in [5, 5.41) is 20.5. The lowest BCUT2D eigenvalue weighted by molar-refractivity contribution is -0.116. The summed E-state index contributed by atoms with van der Waals surface area (Å²) in [6.07, 6.45) is 1.16. The quantitative estimate of drug-likeness (QED) is 0.689. The highest BCUT2D eigenvalue weighted by Gasteiger charge is 2.13. The fraction of sp³-hybridized carbons (Fsp3) is 0.250. The molecule has 0 aliphatic heterocycles. The Balaban J connectivity index is 1.69. The van der Waals surface area contributed by atoms with Crippen LogP contribution in [-0.2, 0) is 17.8 Å². The molecule has 5 nitrogen and oxygen atoms in total. The average Bonchev–Trinajstić information content (AvgIpc) is 3.28. The average molecular weight is 347 g/mol. The molecule has 0 unspecified atom stereocenters. The summed E-state index contributed by atoms with van der Waals surface area (Å²) >= 11 is 3.25. The van der Waals surface area contributed by atoms with Crippen molar-refractivity contribution in [1.82, 2.24) is 9.78 Å². The number of aromatic nitrogens is 2. The lowest BCUT2D eigenvalue weighted by atomic mass is 10.2. The van der Waals surface area contributed by atoms with Crippen molar-refractivity contribution in [2.24, 2.45) is 0 Å². The second-order valence-electron chi connectivity index (χ2n) is 4.97. The molecule has 3 heterocycles. The van der Waals surface area contributed by atoms with E-state index in [1.54, 1.807) is 27.4 Å². The van der Waals surface area contributed by atoms with E-state index in [1.165, 1.54) is 4.88 Å². The van der Waals surface area contributed by atoms with E-state index in [9.17, 15) is 9.90 Å². The van der Waals surface area contributed by atoms with E-state index in [0.717, 1.165) is 17.0 Å². The number of amides is 1. The van der Waals surface area contributed by atoms with Gasteiger partial charge in [-0.2, -0.15) is 5.10 Å². The number of nitrogens with zero attached hydrogens (tertiary/aromatic N) is 2. The number of anilines is 1. The minimum Gasteiger partial charge on any atom is -0.394 e. The molecule has 1 amide bonds. The molecule has 0 saturated heterocycles. The molecular weight excluding hydrogens is 330 g/mol. The molecule has 0 saturated carbocycles. The van der Waals surface area contributed by atoms with Crippen molar-refractivity contribution in [3.8, 4) is 10.6 Å². The first-order valence-corrected chi connectivity index (χ1v) is 9.07. The molecule has 7 heteroatoms. The zero-order chi connectivity index (χ0) is 16.1. The molecule has 0 aromatic carbocycles. The van der Waals surface area contributed by atoms with Gasteiger partial charge in [-0.3, -0.25) is 4.79 Å². The summed E-state index contributed by atoms with van der Waals surface area (Å²) in [5.74, 6) is 0.578. The molecule has 0 radical (unpaired) electrons. The van der Waals surface area contributed by atoms with E-state index < -0.39 is 0 Å². The van der Waals surface area contributed by atoms with Crippen molar-refractivity contribution in [3.63, 3.8) is 0 Å². The minimum absolute atomic E-state index is 0.0242. The summed E-state index contributed by atoms with van der Waals surface area (Å²) in [4.78, 5) is 14.4. The van der Waals surface area contributed by atoms with E-state index in [1.807, 2.05) is 41.1 Å². The molecule has 3 aromatic rings. The Morgan fingerprint density at radius 1 is 1.26 bits per heavy atom. The molecule has 0 spiro atoms. The molecule has 0 atom stereocenters. The number of aliphatic hydroxyl groups is 1. The molecule has 0 bridgehead atoms.